The zero-order valence-corrected chi connectivity index (χ0v) is 12.8. The van der Waals surface area contributed by atoms with Gasteiger partial charge in [-0.05, 0) is 51.9 Å². The number of rotatable bonds is 6. The summed E-state index contributed by atoms with van der Waals surface area (Å²) in [5.41, 5.74) is 7.89. The van der Waals surface area contributed by atoms with Gasteiger partial charge in [-0.1, -0.05) is 6.42 Å². The monoisotopic (exact) mass is 277 g/mol. The summed E-state index contributed by atoms with van der Waals surface area (Å²) in [4.78, 5) is 7.04. The van der Waals surface area contributed by atoms with Gasteiger partial charge in [0.05, 0.1) is 5.69 Å². The van der Waals surface area contributed by atoms with E-state index in [-0.39, 0.29) is 6.04 Å². The molecular formula is C16H27N3O. The Labute approximate surface area is 122 Å². The van der Waals surface area contributed by atoms with Crippen LogP contribution in [0.15, 0.2) is 12.1 Å². The first-order valence-corrected chi connectivity index (χ1v) is 7.72. The molecule has 0 aromatic carbocycles. The molecule has 2 N–H and O–H groups in total. The molecule has 1 atom stereocenters. The second kappa shape index (κ2) is 7.60. The van der Waals surface area contributed by atoms with E-state index in [2.05, 4.69) is 9.88 Å². The first-order valence-electron chi connectivity index (χ1n) is 7.72. The summed E-state index contributed by atoms with van der Waals surface area (Å²) in [5.74, 6) is 0.893. The van der Waals surface area contributed by atoms with Crippen LogP contribution >= 0.6 is 0 Å². The number of likely N-dealkylation sites (tertiary alicyclic amines) is 1. The van der Waals surface area contributed by atoms with Crippen LogP contribution in [-0.4, -0.2) is 42.2 Å². The van der Waals surface area contributed by atoms with Gasteiger partial charge in [-0.3, -0.25) is 9.88 Å². The predicted molar refractivity (Wildman–Crippen MR) is 82.1 cm³/mol. The van der Waals surface area contributed by atoms with Crippen molar-refractivity contribution >= 4 is 0 Å². The van der Waals surface area contributed by atoms with Gasteiger partial charge in [0, 0.05) is 24.7 Å². The van der Waals surface area contributed by atoms with Crippen LogP contribution in [0.2, 0.25) is 0 Å². The molecule has 0 spiro atoms. The fraction of sp³-hybridized carbons (Fsp3) is 0.688. The van der Waals surface area contributed by atoms with Crippen molar-refractivity contribution in [1.82, 2.24) is 9.88 Å². The maximum absolute atomic E-state index is 5.94. The number of hydrogen-bond acceptors (Lipinski definition) is 4. The molecule has 4 nitrogen and oxygen atoms in total. The highest BCUT2D eigenvalue weighted by molar-refractivity contribution is 5.29. The first-order chi connectivity index (χ1) is 9.65. The maximum atomic E-state index is 5.94. The van der Waals surface area contributed by atoms with Crippen molar-refractivity contribution in [2.24, 2.45) is 5.73 Å². The minimum atomic E-state index is 0.105. The summed E-state index contributed by atoms with van der Waals surface area (Å²) < 4.78 is 5.94. The number of nitrogens with zero attached hydrogens (tertiary/aromatic N) is 2. The molecule has 0 amide bonds. The lowest BCUT2D eigenvalue weighted by Crippen LogP contribution is -2.33. The van der Waals surface area contributed by atoms with Crippen LogP contribution in [0, 0.1) is 6.92 Å². The Balaban J connectivity index is 1.87. The van der Waals surface area contributed by atoms with Gasteiger partial charge >= 0.3 is 0 Å². The third kappa shape index (κ3) is 4.76. The molecule has 1 aromatic heterocycles. The molecule has 1 fully saturated rings. The van der Waals surface area contributed by atoms with Gasteiger partial charge in [0.25, 0.3) is 0 Å². The molecule has 1 aliphatic heterocycles. The summed E-state index contributed by atoms with van der Waals surface area (Å²) >= 11 is 0. The lowest BCUT2D eigenvalue weighted by Gasteiger charge is -2.26. The summed E-state index contributed by atoms with van der Waals surface area (Å²) in [6.07, 6.45) is 4.78. The third-order valence-electron chi connectivity index (χ3n) is 3.70. The summed E-state index contributed by atoms with van der Waals surface area (Å²) in [5, 5.41) is 0. The van der Waals surface area contributed by atoms with Crippen LogP contribution in [0.4, 0.5) is 0 Å². The quantitative estimate of drug-likeness (QED) is 0.865. The number of nitrogens with two attached hydrogens (primary N) is 1. The number of aromatic nitrogens is 1. The Kier molecular flexibility index (Phi) is 5.80. The zero-order chi connectivity index (χ0) is 14.4. The summed E-state index contributed by atoms with van der Waals surface area (Å²) in [6.45, 7) is 8.16. The van der Waals surface area contributed by atoms with Crippen LogP contribution in [0.3, 0.4) is 0 Å². The van der Waals surface area contributed by atoms with Crippen LogP contribution in [0.1, 0.15) is 37.6 Å². The van der Waals surface area contributed by atoms with Crippen LogP contribution in [-0.2, 0) is 6.42 Å². The second-order valence-corrected chi connectivity index (χ2v) is 5.83. The van der Waals surface area contributed by atoms with E-state index in [1.807, 2.05) is 26.0 Å². The fourth-order valence-corrected chi connectivity index (χ4v) is 2.65. The van der Waals surface area contributed by atoms with Gasteiger partial charge in [-0.25, -0.2) is 0 Å². The fourth-order valence-electron chi connectivity index (χ4n) is 2.65. The van der Waals surface area contributed by atoms with Crippen molar-refractivity contribution in [3.8, 4) is 5.75 Å². The van der Waals surface area contributed by atoms with E-state index >= 15 is 0 Å². The molecule has 112 valence electrons. The lowest BCUT2D eigenvalue weighted by molar-refractivity contribution is 0.182. The maximum Gasteiger partial charge on any atom is 0.140 e. The smallest absolute Gasteiger partial charge is 0.140 e. The molecule has 1 unspecified atom stereocenters. The molecule has 0 bridgehead atoms. The Morgan fingerprint density at radius 2 is 2.05 bits per heavy atom. The van der Waals surface area contributed by atoms with Crippen LogP contribution in [0.25, 0.3) is 0 Å². The molecule has 2 heterocycles. The third-order valence-corrected chi connectivity index (χ3v) is 3.70. The van der Waals surface area contributed by atoms with Crippen molar-refractivity contribution in [2.45, 2.75) is 45.6 Å². The van der Waals surface area contributed by atoms with E-state index in [4.69, 9.17) is 10.5 Å². The SMILES string of the molecule is Cc1ccc(OCCN2CCCCC2)c(CC(C)N)n1. The molecule has 0 saturated carbocycles. The van der Waals surface area contributed by atoms with E-state index in [1.54, 1.807) is 0 Å². The van der Waals surface area contributed by atoms with Gasteiger partial charge in [-0.15, -0.1) is 0 Å². The minimum Gasteiger partial charge on any atom is -0.490 e. The van der Waals surface area contributed by atoms with E-state index in [1.165, 1.54) is 32.4 Å². The number of ether oxygens (including phenoxy) is 1. The largest absolute Gasteiger partial charge is 0.490 e. The van der Waals surface area contributed by atoms with Crippen molar-refractivity contribution in [1.29, 1.82) is 0 Å². The minimum absolute atomic E-state index is 0.105. The van der Waals surface area contributed by atoms with Crippen molar-refractivity contribution in [2.75, 3.05) is 26.2 Å². The van der Waals surface area contributed by atoms with Gasteiger partial charge in [0.2, 0.25) is 0 Å². The lowest BCUT2D eigenvalue weighted by atomic mass is 10.1. The number of aryl methyl sites for hydroxylation is 1. The van der Waals surface area contributed by atoms with Gasteiger partial charge in [-0.2, -0.15) is 0 Å². The van der Waals surface area contributed by atoms with Crippen LogP contribution in [0.5, 0.6) is 5.75 Å². The van der Waals surface area contributed by atoms with Crippen molar-refractivity contribution < 1.29 is 4.74 Å². The molecule has 4 heteroatoms. The number of piperidine rings is 1. The Bertz CT molecular complexity index is 414. The Hall–Kier alpha value is -1.13. The van der Waals surface area contributed by atoms with E-state index in [0.29, 0.717) is 0 Å². The van der Waals surface area contributed by atoms with Crippen molar-refractivity contribution in [3.05, 3.63) is 23.5 Å². The average molecular weight is 277 g/mol. The Morgan fingerprint density at radius 3 is 2.75 bits per heavy atom. The van der Waals surface area contributed by atoms with Gasteiger partial charge in [0.15, 0.2) is 0 Å². The molecule has 0 aliphatic carbocycles. The normalized spacial score (nSPS) is 17.9. The zero-order valence-electron chi connectivity index (χ0n) is 12.8. The second-order valence-electron chi connectivity index (χ2n) is 5.83. The van der Waals surface area contributed by atoms with Crippen molar-refractivity contribution in [3.63, 3.8) is 0 Å². The highest BCUT2D eigenvalue weighted by Gasteiger charge is 2.11. The van der Waals surface area contributed by atoms with E-state index < -0.39 is 0 Å². The highest BCUT2D eigenvalue weighted by Crippen LogP contribution is 2.18. The summed E-state index contributed by atoms with van der Waals surface area (Å²) in [7, 11) is 0. The van der Waals surface area contributed by atoms with Gasteiger partial charge < -0.3 is 10.5 Å². The Morgan fingerprint density at radius 1 is 1.30 bits per heavy atom. The topological polar surface area (TPSA) is 51.4 Å². The van der Waals surface area contributed by atoms with E-state index in [0.717, 1.165) is 36.7 Å². The molecule has 1 saturated heterocycles. The first kappa shape index (κ1) is 15.3. The van der Waals surface area contributed by atoms with Crippen LogP contribution < -0.4 is 10.5 Å². The summed E-state index contributed by atoms with van der Waals surface area (Å²) in [6, 6.07) is 4.13. The predicted octanol–water partition coefficient (Wildman–Crippen LogP) is 2.14. The molecule has 2 rings (SSSR count). The standard InChI is InChI=1S/C16H27N3O/c1-13(17)12-15-16(7-6-14(2)18-15)20-11-10-19-8-4-3-5-9-19/h6-7,13H,3-5,8-12,17H2,1-2H3. The molecule has 1 aromatic rings. The highest BCUT2D eigenvalue weighted by atomic mass is 16.5. The number of pyridine rings is 1. The number of hydrogen-bond donors (Lipinski definition) is 1. The molecule has 20 heavy (non-hydrogen) atoms. The van der Waals surface area contributed by atoms with Gasteiger partial charge in [0.1, 0.15) is 12.4 Å². The average Bonchev–Trinajstić information content (AvgIpc) is 2.42. The molecule has 1 aliphatic rings. The van der Waals surface area contributed by atoms with E-state index in [9.17, 15) is 0 Å². The molecule has 0 radical (unpaired) electrons. The molecular weight excluding hydrogens is 250 g/mol.